The summed E-state index contributed by atoms with van der Waals surface area (Å²) in [5, 5.41) is 22.4. The highest BCUT2D eigenvalue weighted by molar-refractivity contribution is 7.26. The van der Waals surface area contributed by atoms with Crippen molar-refractivity contribution in [3.8, 4) is 39.7 Å². The van der Waals surface area contributed by atoms with Crippen LogP contribution >= 0.6 is 11.3 Å². The van der Waals surface area contributed by atoms with Gasteiger partial charge in [-0.3, -0.25) is 0 Å². The number of rotatable bonds is 4. The first-order chi connectivity index (χ1) is 34.6. The molecule has 0 aliphatic rings. The number of fused-ring (bicyclic) bond motifs is 18. The molecule has 0 fully saturated rings. The molecule has 0 saturated heterocycles. The Morgan fingerprint density at radius 1 is 0.500 bits per heavy atom. The Kier molecular flexibility index (Phi) is 7.91. The van der Waals surface area contributed by atoms with E-state index in [-0.39, 0.29) is 0 Å². The molecule has 0 amide bonds. The minimum absolute atomic E-state index is 0.342. The van der Waals surface area contributed by atoms with E-state index in [1.165, 1.54) is 21.0 Å². The van der Waals surface area contributed by atoms with Crippen LogP contribution in [0.4, 0.5) is 5.69 Å². The van der Waals surface area contributed by atoms with E-state index in [0.29, 0.717) is 39.4 Å². The number of nitriles is 1. The summed E-state index contributed by atoms with van der Waals surface area (Å²) < 4.78 is 21.0. The molecular formula is C63H34N4O2S. The van der Waals surface area contributed by atoms with E-state index >= 15 is 0 Å². The van der Waals surface area contributed by atoms with Crippen LogP contribution in [0.15, 0.2) is 197 Å². The Hall–Kier alpha value is -9.40. The maximum atomic E-state index is 12.1. The first-order valence-electron chi connectivity index (χ1n) is 23.3. The summed E-state index contributed by atoms with van der Waals surface area (Å²) in [7, 11) is 0. The van der Waals surface area contributed by atoms with Gasteiger partial charge in [0.2, 0.25) is 5.69 Å². The molecule has 10 aromatic carbocycles. The molecule has 0 saturated carbocycles. The highest BCUT2D eigenvalue weighted by Crippen LogP contribution is 2.55. The van der Waals surface area contributed by atoms with E-state index in [2.05, 4.69) is 130 Å². The second-order valence-corrected chi connectivity index (χ2v) is 19.1. The smallest absolute Gasteiger partial charge is 0.220 e. The molecule has 0 atom stereocenters. The van der Waals surface area contributed by atoms with Crippen molar-refractivity contribution < 1.29 is 8.83 Å². The van der Waals surface area contributed by atoms with Gasteiger partial charge in [0.15, 0.2) is 11.2 Å². The second kappa shape index (κ2) is 14.3. The van der Waals surface area contributed by atoms with Gasteiger partial charge in [-0.25, -0.2) is 4.85 Å². The third-order valence-corrected chi connectivity index (χ3v) is 15.7. The lowest BCUT2D eigenvalue weighted by molar-refractivity contribution is 0.669. The first-order valence-corrected chi connectivity index (χ1v) is 24.1. The molecule has 0 N–H and O–H groups in total. The molecule has 6 nitrogen and oxygen atoms in total. The van der Waals surface area contributed by atoms with Crippen molar-refractivity contribution in [3.63, 3.8) is 0 Å². The van der Waals surface area contributed by atoms with E-state index < -0.39 is 0 Å². The molecule has 7 heteroatoms. The average Bonchev–Trinajstić information content (AvgIpc) is 4.23. The van der Waals surface area contributed by atoms with Gasteiger partial charge in [0, 0.05) is 69.7 Å². The molecule has 0 aliphatic heterocycles. The van der Waals surface area contributed by atoms with Gasteiger partial charge < -0.3 is 18.0 Å². The normalized spacial score (nSPS) is 12.0. The molecule has 5 aromatic heterocycles. The number of benzene rings is 10. The third kappa shape index (κ3) is 5.03. The summed E-state index contributed by atoms with van der Waals surface area (Å²) in [5.41, 5.74) is 12.7. The maximum Gasteiger partial charge on any atom is 0.220 e. The standard InChI is InChI=1S/C63H34N4O2S/c1-35-33-46-38-21-9-13-25-48(38)66(59(46)63-52(35)45-24-12-16-28-51(45)70-63)56-47(34-64)53(36-17-5-3-6-18-36)55(65-2)60(54(56)37-19-7-4-8-20-37)67-57-41(29-31-43-39-22-10-14-26-49(39)68-61(43)57)42-30-32-44-40-23-11-15-27-50(40)69-62(44)58(42)67/h3-33H,1H3. The van der Waals surface area contributed by atoms with Gasteiger partial charge in [0.1, 0.15) is 17.2 Å². The first kappa shape index (κ1) is 38.7. The fourth-order valence-corrected chi connectivity index (χ4v) is 13.0. The van der Waals surface area contributed by atoms with Gasteiger partial charge in [0.25, 0.3) is 0 Å². The number of aryl methyl sites for hydroxylation is 1. The zero-order valence-electron chi connectivity index (χ0n) is 37.4. The van der Waals surface area contributed by atoms with Crippen molar-refractivity contribution in [1.29, 1.82) is 5.26 Å². The van der Waals surface area contributed by atoms with Crippen LogP contribution in [0.25, 0.3) is 146 Å². The molecular weight excluding hydrogens is 877 g/mol. The van der Waals surface area contributed by atoms with Gasteiger partial charge in [-0.15, -0.1) is 11.3 Å². The number of hydrogen-bond acceptors (Lipinski definition) is 4. The van der Waals surface area contributed by atoms with Crippen LogP contribution in [0.2, 0.25) is 0 Å². The molecule has 70 heavy (non-hydrogen) atoms. The number of furan rings is 2. The van der Waals surface area contributed by atoms with Crippen molar-refractivity contribution in [2.45, 2.75) is 6.92 Å². The summed E-state index contributed by atoms with van der Waals surface area (Å²) in [6.45, 7) is 11.7. The number of hydrogen-bond donors (Lipinski definition) is 0. The molecule has 15 rings (SSSR count). The van der Waals surface area contributed by atoms with Crippen LogP contribution in [0.5, 0.6) is 0 Å². The van der Waals surface area contributed by atoms with E-state index in [1.54, 1.807) is 11.3 Å². The van der Waals surface area contributed by atoms with Gasteiger partial charge >= 0.3 is 0 Å². The predicted octanol–water partition coefficient (Wildman–Crippen LogP) is 18.1. The molecule has 0 spiro atoms. The molecule has 0 radical (unpaired) electrons. The van der Waals surface area contributed by atoms with Gasteiger partial charge in [0.05, 0.1) is 50.3 Å². The maximum absolute atomic E-state index is 12.1. The molecule has 324 valence electrons. The minimum Gasteiger partial charge on any atom is -0.454 e. The van der Waals surface area contributed by atoms with Crippen LogP contribution in [-0.2, 0) is 0 Å². The van der Waals surface area contributed by atoms with Crippen molar-refractivity contribution in [3.05, 3.63) is 211 Å². The number of nitrogens with zero attached hydrogens (tertiary/aromatic N) is 4. The lowest BCUT2D eigenvalue weighted by Gasteiger charge is -2.26. The van der Waals surface area contributed by atoms with E-state index in [4.69, 9.17) is 8.83 Å². The lowest BCUT2D eigenvalue weighted by atomic mass is 9.88. The number of aromatic nitrogens is 2. The SMILES string of the molecule is [C-]#[N+]c1c(-c2ccccc2)c(C#N)c(-n2c3ccccc3c3cc(C)c4c5ccccc5sc4c32)c(-c2ccccc2)c1-n1c2c(ccc3c4ccccc4oc32)c2ccc3c4ccccc4oc3c21. The number of para-hydroxylation sites is 3. The Balaban J connectivity index is 1.27. The summed E-state index contributed by atoms with van der Waals surface area (Å²) in [6, 6.07) is 67.5. The van der Waals surface area contributed by atoms with Crippen LogP contribution in [-0.4, -0.2) is 9.13 Å². The summed E-state index contributed by atoms with van der Waals surface area (Å²) in [4.78, 5) is 4.60. The highest BCUT2D eigenvalue weighted by Gasteiger charge is 2.34. The molecule has 15 aromatic rings. The molecule has 0 bridgehead atoms. The van der Waals surface area contributed by atoms with Crippen LogP contribution in [0, 0.1) is 24.8 Å². The zero-order valence-corrected chi connectivity index (χ0v) is 38.2. The molecule has 0 aliphatic carbocycles. The molecule has 0 unspecified atom stereocenters. The molecule has 5 heterocycles. The Morgan fingerprint density at radius 2 is 1.03 bits per heavy atom. The Morgan fingerprint density at radius 3 is 1.64 bits per heavy atom. The van der Waals surface area contributed by atoms with Gasteiger partial charge in [-0.1, -0.05) is 146 Å². The van der Waals surface area contributed by atoms with Crippen LogP contribution in [0.1, 0.15) is 11.1 Å². The van der Waals surface area contributed by atoms with Gasteiger partial charge in [-0.2, -0.15) is 5.26 Å². The summed E-state index contributed by atoms with van der Waals surface area (Å²) >= 11 is 1.78. The van der Waals surface area contributed by atoms with Crippen molar-refractivity contribution >= 4 is 125 Å². The third-order valence-electron chi connectivity index (χ3n) is 14.5. The summed E-state index contributed by atoms with van der Waals surface area (Å²) in [6.07, 6.45) is 0. The second-order valence-electron chi connectivity index (χ2n) is 18.1. The van der Waals surface area contributed by atoms with Crippen molar-refractivity contribution in [2.75, 3.05) is 0 Å². The van der Waals surface area contributed by atoms with Gasteiger partial charge in [-0.05, 0) is 66.1 Å². The Labute approximate surface area is 403 Å². The van der Waals surface area contributed by atoms with E-state index in [9.17, 15) is 11.8 Å². The topological polar surface area (TPSA) is 64.3 Å². The zero-order chi connectivity index (χ0) is 46.4. The van der Waals surface area contributed by atoms with E-state index in [0.717, 1.165) is 97.7 Å². The quantitative estimate of drug-likeness (QED) is 0.165. The summed E-state index contributed by atoms with van der Waals surface area (Å²) in [5.74, 6) is 0. The average molecular weight is 911 g/mol. The van der Waals surface area contributed by atoms with Crippen LogP contribution in [0.3, 0.4) is 0 Å². The minimum atomic E-state index is 0.342. The Bertz CT molecular complexity index is 4730. The number of thiophene rings is 1. The fourth-order valence-electron chi connectivity index (χ4n) is 11.7. The highest BCUT2D eigenvalue weighted by atomic mass is 32.1. The monoisotopic (exact) mass is 910 g/mol. The predicted molar refractivity (Wildman–Crippen MR) is 289 cm³/mol. The van der Waals surface area contributed by atoms with E-state index in [1.807, 2.05) is 84.9 Å². The lowest BCUT2D eigenvalue weighted by Crippen LogP contribution is -2.09. The van der Waals surface area contributed by atoms with Crippen molar-refractivity contribution in [1.82, 2.24) is 9.13 Å². The van der Waals surface area contributed by atoms with Crippen LogP contribution < -0.4 is 0 Å². The van der Waals surface area contributed by atoms with Crippen molar-refractivity contribution in [2.24, 2.45) is 0 Å². The fraction of sp³-hybridized carbons (Fsp3) is 0.0159. The largest absolute Gasteiger partial charge is 0.454 e.